The smallest absolute Gasteiger partial charge is 0.131 e. The lowest BCUT2D eigenvalue weighted by Crippen LogP contribution is -2.23. The summed E-state index contributed by atoms with van der Waals surface area (Å²) in [7, 11) is 0. The molecule has 1 aromatic carbocycles. The molecule has 0 amide bonds. The zero-order valence-corrected chi connectivity index (χ0v) is 12.0. The van der Waals surface area contributed by atoms with Crippen molar-refractivity contribution in [1.29, 1.82) is 0 Å². The number of hydrogen-bond acceptors (Lipinski definition) is 2. The van der Waals surface area contributed by atoms with Crippen molar-refractivity contribution in [1.82, 2.24) is 5.32 Å². The third kappa shape index (κ3) is 3.53. The van der Waals surface area contributed by atoms with Crippen molar-refractivity contribution in [3.05, 3.63) is 56.7 Å². The van der Waals surface area contributed by atoms with Gasteiger partial charge in [0.1, 0.15) is 11.6 Å². The van der Waals surface area contributed by atoms with E-state index in [1.807, 2.05) is 13.0 Å². The molecule has 0 bridgehead atoms. The first-order valence-corrected chi connectivity index (χ1v) is 7.25. The molecular weight excluding hydrogens is 288 g/mol. The fraction of sp³-hybridized carbons (Fsp3) is 0.286. The molecule has 0 spiro atoms. The molecular formula is C14H14ClF2NS. The van der Waals surface area contributed by atoms with E-state index in [0.29, 0.717) is 9.90 Å². The number of benzene rings is 1. The molecule has 1 atom stereocenters. The second-order valence-electron chi connectivity index (χ2n) is 4.19. The Morgan fingerprint density at radius 3 is 2.63 bits per heavy atom. The highest BCUT2D eigenvalue weighted by Crippen LogP contribution is 2.32. The second-order valence-corrected chi connectivity index (χ2v) is 5.94. The molecule has 5 heteroatoms. The van der Waals surface area contributed by atoms with Crippen LogP contribution in [0, 0.1) is 11.6 Å². The quantitative estimate of drug-likeness (QED) is 0.839. The van der Waals surface area contributed by atoms with Gasteiger partial charge in [0.15, 0.2) is 0 Å². The molecule has 1 nitrogen and oxygen atoms in total. The molecule has 1 unspecified atom stereocenters. The van der Waals surface area contributed by atoms with Gasteiger partial charge in [0.25, 0.3) is 0 Å². The van der Waals surface area contributed by atoms with E-state index in [0.717, 1.165) is 23.9 Å². The van der Waals surface area contributed by atoms with Crippen LogP contribution in [0.3, 0.4) is 0 Å². The Morgan fingerprint density at radius 2 is 2.05 bits per heavy atom. The molecule has 1 aromatic heterocycles. The summed E-state index contributed by atoms with van der Waals surface area (Å²) < 4.78 is 27.6. The summed E-state index contributed by atoms with van der Waals surface area (Å²) in [5.41, 5.74) is 0.438. The minimum Gasteiger partial charge on any atom is -0.306 e. The molecule has 19 heavy (non-hydrogen) atoms. The second kappa shape index (κ2) is 6.46. The number of rotatable bonds is 5. The lowest BCUT2D eigenvalue weighted by atomic mass is 10.0. The Bertz CT molecular complexity index is 556. The molecule has 2 rings (SSSR count). The monoisotopic (exact) mass is 301 g/mol. The van der Waals surface area contributed by atoms with Crippen molar-refractivity contribution >= 4 is 22.9 Å². The minimum atomic E-state index is -0.570. The lowest BCUT2D eigenvalue weighted by molar-refractivity contribution is 0.536. The van der Waals surface area contributed by atoms with Crippen LogP contribution in [-0.4, -0.2) is 6.54 Å². The zero-order valence-electron chi connectivity index (χ0n) is 10.4. The van der Waals surface area contributed by atoms with Gasteiger partial charge in [-0.25, -0.2) is 8.78 Å². The molecule has 0 saturated heterocycles. The van der Waals surface area contributed by atoms with Crippen molar-refractivity contribution < 1.29 is 8.78 Å². The topological polar surface area (TPSA) is 12.0 Å². The Kier molecular flexibility index (Phi) is 4.91. The first-order chi connectivity index (χ1) is 9.11. The van der Waals surface area contributed by atoms with Crippen LogP contribution in [0.15, 0.2) is 30.3 Å². The van der Waals surface area contributed by atoms with E-state index in [9.17, 15) is 8.78 Å². The molecule has 0 saturated carbocycles. The van der Waals surface area contributed by atoms with Gasteiger partial charge in [0.05, 0.1) is 10.4 Å². The van der Waals surface area contributed by atoms with E-state index >= 15 is 0 Å². The third-order valence-electron chi connectivity index (χ3n) is 2.75. The van der Waals surface area contributed by atoms with Gasteiger partial charge in [-0.05, 0) is 31.2 Å². The summed E-state index contributed by atoms with van der Waals surface area (Å²) in [4.78, 5) is 0.920. The van der Waals surface area contributed by atoms with E-state index in [4.69, 9.17) is 11.6 Å². The Morgan fingerprint density at radius 1 is 1.26 bits per heavy atom. The van der Waals surface area contributed by atoms with Crippen LogP contribution in [0.25, 0.3) is 0 Å². The minimum absolute atomic E-state index is 0.293. The van der Waals surface area contributed by atoms with E-state index in [1.165, 1.54) is 23.5 Å². The average Bonchev–Trinajstić information content (AvgIpc) is 2.78. The summed E-state index contributed by atoms with van der Waals surface area (Å²) in [6.45, 7) is 2.78. The Hall–Kier alpha value is -0.970. The van der Waals surface area contributed by atoms with Crippen LogP contribution in [-0.2, 0) is 0 Å². The van der Waals surface area contributed by atoms with Gasteiger partial charge in [-0.3, -0.25) is 0 Å². The standard InChI is InChI=1S/C14H14ClF2NS/c1-2-7-18-14(12-5-6-13(15)19-12)10-4-3-9(16)8-11(10)17/h3-6,8,14,18H,2,7H2,1H3. The first-order valence-electron chi connectivity index (χ1n) is 6.05. The van der Waals surface area contributed by atoms with Gasteiger partial charge < -0.3 is 5.32 Å². The van der Waals surface area contributed by atoms with Gasteiger partial charge in [0.2, 0.25) is 0 Å². The summed E-state index contributed by atoms with van der Waals surface area (Å²) in [6, 6.07) is 7.01. The average molecular weight is 302 g/mol. The Balaban J connectivity index is 2.36. The highest BCUT2D eigenvalue weighted by molar-refractivity contribution is 7.16. The SMILES string of the molecule is CCCNC(c1ccc(Cl)s1)c1ccc(F)cc1F. The Labute approximate surface area is 120 Å². The fourth-order valence-electron chi connectivity index (χ4n) is 1.87. The van der Waals surface area contributed by atoms with Crippen LogP contribution >= 0.6 is 22.9 Å². The summed E-state index contributed by atoms with van der Waals surface area (Å²) in [6.07, 6.45) is 0.929. The van der Waals surface area contributed by atoms with Gasteiger partial charge in [0, 0.05) is 16.5 Å². The van der Waals surface area contributed by atoms with Crippen molar-refractivity contribution in [2.24, 2.45) is 0 Å². The number of halogens is 3. The molecule has 1 N–H and O–H groups in total. The van der Waals surface area contributed by atoms with Crippen LogP contribution in [0.5, 0.6) is 0 Å². The summed E-state index contributed by atoms with van der Waals surface area (Å²) >= 11 is 7.32. The van der Waals surface area contributed by atoms with Crippen molar-refractivity contribution in [2.45, 2.75) is 19.4 Å². The predicted octanol–water partition coefficient (Wildman–Crippen LogP) is 4.77. The zero-order chi connectivity index (χ0) is 13.8. The molecule has 2 aromatic rings. The maximum absolute atomic E-state index is 13.9. The first kappa shape index (κ1) is 14.4. The molecule has 0 fully saturated rings. The van der Waals surface area contributed by atoms with Crippen LogP contribution in [0.1, 0.15) is 29.8 Å². The molecule has 0 aliphatic rings. The fourth-order valence-corrected chi connectivity index (χ4v) is 3.03. The largest absolute Gasteiger partial charge is 0.306 e. The van der Waals surface area contributed by atoms with Crippen molar-refractivity contribution in [3.63, 3.8) is 0 Å². The van der Waals surface area contributed by atoms with E-state index < -0.39 is 11.6 Å². The summed E-state index contributed by atoms with van der Waals surface area (Å²) in [5.74, 6) is -1.11. The van der Waals surface area contributed by atoms with Crippen molar-refractivity contribution in [3.8, 4) is 0 Å². The van der Waals surface area contributed by atoms with Gasteiger partial charge in [-0.15, -0.1) is 11.3 Å². The maximum Gasteiger partial charge on any atom is 0.131 e. The molecule has 0 aliphatic carbocycles. The number of thiophene rings is 1. The van der Waals surface area contributed by atoms with E-state index in [1.54, 1.807) is 6.07 Å². The van der Waals surface area contributed by atoms with Gasteiger partial charge in [-0.2, -0.15) is 0 Å². The highest BCUT2D eigenvalue weighted by atomic mass is 35.5. The molecule has 1 heterocycles. The van der Waals surface area contributed by atoms with E-state index in [-0.39, 0.29) is 6.04 Å². The number of nitrogens with one attached hydrogen (secondary N) is 1. The van der Waals surface area contributed by atoms with Crippen LogP contribution in [0.4, 0.5) is 8.78 Å². The van der Waals surface area contributed by atoms with Gasteiger partial charge in [-0.1, -0.05) is 24.6 Å². The summed E-state index contributed by atoms with van der Waals surface area (Å²) in [5, 5.41) is 3.26. The normalized spacial score (nSPS) is 12.6. The molecule has 0 aliphatic heterocycles. The molecule has 102 valence electrons. The lowest BCUT2D eigenvalue weighted by Gasteiger charge is -2.18. The van der Waals surface area contributed by atoms with Crippen LogP contribution in [0.2, 0.25) is 4.34 Å². The van der Waals surface area contributed by atoms with E-state index in [2.05, 4.69) is 5.32 Å². The molecule has 0 radical (unpaired) electrons. The number of hydrogen-bond donors (Lipinski definition) is 1. The van der Waals surface area contributed by atoms with Crippen LogP contribution < -0.4 is 5.32 Å². The maximum atomic E-state index is 13.9. The predicted molar refractivity (Wildman–Crippen MR) is 75.8 cm³/mol. The van der Waals surface area contributed by atoms with Gasteiger partial charge >= 0.3 is 0 Å². The third-order valence-corrected chi connectivity index (χ3v) is 4.05. The van der Waals surface area contributed by atoms with Crippen molar-refractivity contribution in [2.75, 3.05) is 6.54 Å². The highest BCUT2D eigenvalue weighted by Gasteiger charge is 2.19.